The van der Waals surface area contributed by atoms with Crippen LogP contribution in [0.4, 0.5) is 0 Å². The third kappa shape index (κ3) is 4.15. The van der Waals surface area contributed by atoms with E-state index in [1.54, 1.807) is 7.05 Å². The van der Waals surface area contributed by atoms with E-state index < -0.39 is 0 Å². The first kappa shape index (κ1) is 15.2. The molecule has 0 spiro atoms. The van der Waals surface area contributed by atoms with Gasteiger partial charge in [-0.05, 0) is 11.1 Å². The first-order valence-corrected chi connectivity index (χ1v) is 6.74. The van der Waals surface area contributed by atoms with Crippen molar-refractivity contribution >= 4 is 5.91 Å². The van der Waals surface area contributed by atoms with Crippen LogP contribution >= 0.6 is 0 Å². The summed E-state index contributed by atoms with van der Waals surface area (Å²) in [6, 6.07) is 19.7. The number of hydroxylamine groups is 2. The molecule has 0 unspecified atom stereocenters. The molecule has 2 rings (SSSR count). The highest BCUT2D eigenvalue weighted by atomic mass is 16.7. The number of hydrogen-bond donors (Lipinski definition) is 0. The summed E-state index contributed by atoms with van der Waals surface area (Å²) >= 11 is 0. The van der Waals surface area contributed by atoms with Crippen LogP contribution in [0.1, 0.15) is 17.2 Å². The van der Waals surface area contributed by atoms with Crippen molar-refractivity contribution in [2.24, 2.45) is 0 Å². The minimum absolute atomic E-state index is 0.0429. The Morgan fingerprint density at radius 3 is 1.90 bits per heavy atom. The molecule has 0 aromatic heterocycles. The zero-order chi connectivity index (χ0) is 15.1. The maximum atomic E-state index is 11.8. The van der Waals surface area contributed by atoms with E-state index in [0.717, 1.165) is 16.2 Å². The van der Waals surface area contributed by atoms with Crippen LogP contribution in [0.5, 0.6) is 0 Å². The Labute approximate surface area is 124 Å². The molecule has 0 saturated heterocycles. The molecule has 110 valence electrons. The van der Waals surface area contributed by atoms with E-state index in [9.17, 15) is 4.79 Å². The summed E-state index contributed by atoms with van der Waals surface area (Å²) < 4.78 is 5.83. The number of ether oxygens (including phenoxy) is 1. The lowest BCUT2D eigenvalue weighted by Gasteiger charge is -2.20. The number of rotatable bonds is 6. The molecule has 1 amide bonds. The van der Waals surface area contributed by atoms with E-state index in [4.69, 9.17) is 9.57 Å². The predicted octanol–water partition coefficient (Wildman–Crippen LogP) is 2.81. The SMILES string of the molecule is CON(C)C(=O)COC(c1ccccc1)c1ccccc1. The van der Waals surface area contributed by atoms with Crippen LogP contribution in [-0.4, -0.2) is 31.7 Å². The van der Waals surface area contributed by atoms with Crippen LogP contribution in [-0.2, 0) is 14.4 Å². The van der Waals surface area contributed by atoms with Gasteiger partial charge in [-0.1, -0.05) is 60.7 Å². The summed E-state index contributed by atoms with van der Waals surface area (Å²) in [5, 5.41) is 1.16. The fraction of sp³-hybridized carbons (Fsp3) is 0.235. The third-order valence-electron chi connectivity index (χ3n) is 3.20. The van der Waals surface area contributed by atoms with Gasteiger partial charge in [-0.3, -0.25) is 9.63 Å². The first-order chi connectivity index (χ1) is 10.2. The number of carbonyl (C=O) groups excluding carboxylic acids is 1. The minimum atomic E-state index is -0.276. The van der Waals surface area contributed by atoms with Gasteiger partial charge in [0, 0.05) is 7.05 Å². The van der Waals surface area contributed by atoms with E-state index in [-0.39, 0.29) is 18.6 Å². The van der Waals surface area contributed by atoms with E-state index in [2.05, 4.69) is 0 Å². The quantitative estimate of drug-likeness (QED) is 0.766. The topological polar surface area (TPSA) is 38.8 Å². The van der Waals surface area contributed by atoms with Crippen molar-refractivity contribution in [2.75, 3.05) is 20.8 Å². The Kier molecular flexibility index (Phi) is 5.49. The second-order valence-electron chi connectivity index (χ2n) is 4.59. The van der Waals surface area contributed by atoms with E-state index in [0.29, 0.717) is 0 Å². The predicted molar refractivity (Wildman–Crippen MR) is 80.5 cm³/mol. The van der Waals surface area contributed by atoms with Gasteiger partial charge < -0.3 is 4.74 Å². The van der Waals surface area contributed by atoms with E-state index in [1.807, 2.05) is 60.7 Å². The largest absolute Gasteiger partial charge is 0.359 e. The van der Waals surface area contributed by atoms with Crippen LogP contribution in [0, 0.1) is 0 Å². The molecule has 0 saturated carbocycles. The Morgan fingerprint density at radius 1 is 1.00 bits per heavy atom. The highest BCUT2D eigenvalue weighted by Gasteiger charge is 2.17. The summed E-state index contributed by atoms with van der Waals surface area (Å²) in [7, 11) is 3.01. The van der Waals surface area contributed by atoms with Gasteiger partial charge in [0.2, 0.25) is 0 Å². The van der Waals surface area contributed by atoms with Crippen molar-refractivity contribution in [3.63, 3.8) is 0 Å². The van der Waals surface area contributed by atoms with Gasteiger partial charge in [0.25, 0.3) is 5.91 Å². The molecule has 0 aliphatic rings. The molecular weight excluding hydrogens is 266 g/mol. The molecule has 2 aromatic carbocycles. The van der Waals surface area contributed by atoms with Crippen LogP contribution < -0.4 is 0 Å². The summed E-state index contributed by atoms with van der Waals surface area (Å²) in [5.41, 5.74) is 2.02. The van der Waals surface area contributed by atoms with Gasteiger partial charge >= 0.3 is 0 Å². The number of carbonyl (C=O) groups is 1. The molecule has 4 nitrogen and oxygen atoms in total. The number of hydrogen-bond acceptors (Lipinski definition) is 3. The van der Waals surface area contributed by atoms with Crippen LogP contribution in [0.3, 0.4) is 0 Å². The lowest BCUT2D eigenvalue weighted by molar-refractivity contribution is -0.174. The molecule has 0 aliphatic heterocycles. The zero-order valence-corrected chi connectivity index (χ0v) is 12.2. The maximum Gasteiger partial charge on any atom is 0.271 e. The van der Waals surface area contributed by atoms with Gasteiger partial charge in [-0.15, -0.1) is 0 Å². The highest BCUT2D eigenvalue weighted by Crippen LogP contribution is 2.25. The summed E-state index contributed by atoms with van der Waals surface area (Å²) in [5.74, 6) is -0.227. The molecule has 0 radical (unpaired) electrons. The average Bonchev–Trinajstić information content (AvgIpc) is 2.56. The van der Waals surface area contributed by atoms with Crippen molar-refractivity contribution in [2.45, 2.75) is 6.10 Å². The van der Waals surface area contributed by atoms with Crippen LogP contribution in [0.2, 0.25) is 0 Å². The number of nitrogens with zero attached hydrogens (tertiary/aromatic N) is 1. The molecule has 0 fully saturated rings. The van der Waals surface area contributed by atoms with Crippen molar-refractivity contribution in [3.05, 3.63) is 71.8 Å². The van der Waals surface area contributed by atoms with Gasteiger partial charge in [0.05, 0.1) is 7.11 Å². The second kappa shape index (κ2) is 7.57. The van der Waals surface area contributed by atoms with Crippen LogP contribution in [0.25, 0.3) is 0 Å². The lowest BCUT2D eigenvalue weighted by atomic mass is 10.0. The highest BCUT2D eigenvalue weighted by molar-refractivity contribution is 5.76. The Balaban J connectivity index is 2.16. The summed E-state index contributed by atoms with van der Waals surface area (Å²) in [4.78, 5) is 16.7. The number of likely N-dealkylation sites (N-methyl/N-ethyl adjacent to an activating group) is 1. The molecule has 0 aliphatic carbocycles. The number of benzene rings is 2. The van der Waals surface area contributed by atoms with Gasteiger partial charge in [-0.2, -0.15) is 0 Å². The van der Waals surface area contributed by atoms with E-state index >= 15 is 0 Å². The molecule has 0 N–H and O–H groups in total. The fourth-order valence-corrected chi connectivity index (χ4v) is 1.99. The molecule has 2 aromatic rings. The Hall–Kier alpha value is -2.17. The Bertz CT molecular complexity index is 517. The van der Waals surface area contributed by atoms with Crippen molar-refractivity contribution in [1.82, 2.24) is 5.06 Å². The lowest BCUT2D eigenvalue weighted by Crippen LogP contribution is -2.30. The van der Waals surface area contributed by atoms with Gasteiger partial charge in [-0.25, -0.2) is 5.06 Å². The molecule has 0 heterocycles. The molecule has 21 heavy (non-hydrogen) atoms. The van der Waals surface area contributed by atoms with Crippen molar-refractivity contribution in [1.29, 1.82) is 0 Å². The first-order valence-electron chi connectivity index (χ1n) is 6.74. The minimum Gasteiger partial charge on any atom is -0.359 e. The summed E-state index contributed by atoms with van der Waals surface area (Å²) in [6.45, 7) is -0.0429. The van der Waals surface area contributed by atoms with E-state index in [1.165, 1.54) is 7.11 Å². The van der Waals surface area contributed by atoms with Crippen molar-refractivity contribution < 1.29 is 14.4 Å². The second-order valence-corrected chi connectivity index (χ2v) is 4.59. The number of amides is 1. The fourth-order valence-electron chi connectivity index (χ4n) is 1.99. The average molecular weight is 285 g/mol. The standard InChI is InChI=1S/C17H19NO3/c1-18(20-2)16(19)13-21-17(14-9-5-3-6-10-14)15-11-7-4-8-12-15/h3-12,17H,13H2,1-2H3. The normalized spacial score (nSPS) is 10.6. The van der Waals surface area contributed by atoms with Crippen LogP contribution in [0.15, 0.2) is 60.7 Å². The van der Waals surface area contributed by atoms with Gasteiger partial charge in [0.15, 0.2) is 0 Å². The molecule has 4 heteroatoms. The third-order valence-corrected chi connectivity index (χ3v) is 3.20. The monoisotopic (exact) mass is 285 g/mol. The molecular formula is C17H19NO3. The molecule has 0 bridgehead atoms. The zero-order valence-electron chi connectivity index (χ0n) is 12.2. The maximum absolute atomic E-state index is 11.8. The van der Waals surface area contributed by atoms with Crippen molar-refractivity contribution in [3.8, 4) is 0 Å². The smallest absolute Gasteiger partial charge is 0.271 e. The summed E-state index contributed by atoms with van der Waals surface area (Å²) in [6.07, 6.45) is -0.276. The van der Waals surface area contributed by atoms with Gasteiger partial charge in [0.1, 0.15) is 12.7 Å². The Morgan fingerprint density at radius 2 is 1.48 bits per heavy atom. The molecule has 0 atom stereocenters.